The number of aryl methyl sites for hydroxylation is 1. The number of hydrogen-bond acceptors (Lipinski definition) is 6. The summed E-state index contributed by atoms with van der Waals surface area (Å²) in [5.74, 6) is -0.685. The molecule has 1 amide bonds. The largest absolute Gasteiger partial charge is 0.465 e. The minimum Gasteiger partial charge on any atom is -0.465 e. The van der Waals surface area contributed by atoms with Crippen LogP contribution in [0, 0.1) is 0 Å². The van der Waals surface area contributed by atoms with Crippen LogP contribution in [0.15, 0.2) is 24.3 Å². The number of para-hydroxylation sites is 1. The second-order valence-electron chi connectivity index (χ2n) is 5.49. The Labute approximate surface area is 146 Å². The zero-order valence-corrected chi connectivity index (χ0v) is 14.6. The molecule has 0 saturated carbocycles. The number of hydrogen-bond donors (Lipinski definition) is 1. The molecule has 1 N–H and O–H groups in total. The van der Waals surface area contributed by atoms with Crippen molar-refractivity contribution in [3.63, 3.8) is 0 Å². The van der Waals surface area contributed by atoms with Gasteiger partial charge in [-0.1, -0.05) is 12.1 Å². The molecule has 1 aliphatic carbocycles. The summed E-state index contributed by atoms with van der Waals surface area (Å²) in [6, 6.07) is 7.62. The van der Waals surface area contributed by atoms with Crippen molar-refractivity contribution >= 4 is 49.8 Å². The van der Waals surface area contributed by atoms with Crippen LogP contribution >= 0.6 is 22.7 Å². The van der Waals surface area contributed by atoms with Crippen LogP contribution in [0.3, 0.4) is 0 Å². The van der Waals surface area contributed by atoms with Gasteiger partial charge in [0.2, 0.25) is 0 Å². The Morgan fingerprint density at radius 3 is 2.83 bits per heavy atom. The second-order valence-corrected chi connectivity index (χ2v) is 7.63. The summed E-state index contributed by atoms with van der Waals surface area (Å²) in [7, 11) is 1.36. The average Bonchev–Trinajstić information content (AvgIpc) is 3.27. The number of esters is 1. The minimum absolute atomic E-state index is 0.290. The number of thiazole rings is 1. The molecule has 2 heterocycles. The molecular formula is C17H14N2O3S2. The third-order valence-electron chi connectivity index (χ3n) is 4.03. The highest BCUT2D eigenvalue weighted by molar-refractivity contribution is 7.20. The maximum Gasteiger partial charge on any atom is 0.341 e. The van der Waals surface area contributed by atoms with Gasteiger partial charge in [0.05, 0.1) is 22.9 Å². The lowest BCUT2D eigenvalue weighted by Gasteiger charge is -2.05. The highest BCUT2D eigenvalue weighted by Gasteiger charge is 2.28. The number of nitrogens with one attached hydrogen (secondary N) is 1. The summed E-state index contributed by atoms with van der Waals surface area (Å²) in [5.41, 5.74) is 2.32. The molecular weight excluding hydrogens is 344 g/mol. The van der Waals surface area contributed by atoms with Crippen LogP contribution in [0.1, 0.15) is 37.0 Å². The van der Waals surface area contributed by atoms with Gasteiger partial charge in [0.25, 0.3) is 5.91 Å². The van der Waals surface area contributed by atoms with E-state index in [0.29, 0.717) is 15.6 Å². The van der Waals surface area contributed by atoms with Crippen LogP contribution < -0.4 is 5.32 Å². The number of rotatable bonds is 3. The molecule has 4 rings (SSSR count). The van der Waals surface area contributed by atoms with Crippen LogP contribution in [0.2, 0.25) is 0 Å². The van der Waals surface area contributed by atoms with Crippen molar-refractivity contribution in [2.45, 2.75) is 19.3 Å². The molecule has 5 nitrogen and oxygen atoms in total. The number of aromatic nitrogens is 1. The van der Waals surface area contributed by atoms with Crippen molar-refractivity contribution in [3.8, 4) is 0 Å². The Morgan fingerprint density at radius 1 is 1.21 bits per heavy atom. The van der Waals surface area contributed by atoms with E-state index in [1.54, 1.807) is 0 Å². The summed E-state index contributed by atoms with van der Waals surface area (Å²) in [6.45, 7) is 0. The lowest BCUT2D eigenvalue weighted by atomic mass is 10.1. The quantitative estimate of drug-likeness (QED) is 0.721. The van der Waals surface area contributed by atoms with Gasteiger partial charge in [-0.3, -0.25) is 4.79 Å². The smallest absolute Gasteiger partial charge is 0.341 e. The third kappa shape index (κ3) is 2.50. The summed E-state index contributed by atoms with van der Waals surface area (Å²) in [6.07, 6.45) is 2.84. The molecule has 3 aromatic rings. The number of ether oxygens (including phenoxy) is 1. The maximum atomic E-state index is 12.6. The highest BCUT2D eigenvalue weighted by atomic mass is 32.1. The Bertz CT molecular complexity index is 925. The van der Waals surface area contributed by atoms with Crippen molar-refractivity contribution in [1.82, 2.24) is 4.98 Å². The number of carbonyl (C=O) groups excluding carboxylic acids is 2. The molecule has 0 fully saturated rings. The van der Waals surface area contributed by atoms with Crippen LogP contribution in [0.5, 0.6) is 0 Å². The van der Waals surface area contributed by atoms with Gasteiger partial charge in [0.1, 0.15) is 5.00 Å². The van der Waals surface area contributed by atoms with Crippen molar-refractivity contribution in [2.24, 2.45) is 0 Å². The molecule has 0 unspecified atom stereocenters. The highest BCUT2D eigenvalue weighted by Crippen LogP contribution is 2.39. The molecule has 0 spiro atoms. The van der Waals surface area contributed by atoms with E-state index in [-0.39, 0.29) is 5.91 Å². The van der Waals surface area contributed by atoms with E-state index in [0.717, 1.165) is 39.9 Å². The van der Waals surface area contributed by atoms with E-state index in [9.17, 15) is 9.59 Å². The van der Waals surface area contributed by atoms with Gasteiger partial charge < -0.3 is 10.1 Å². The van der Waals surface area contributed by atoms with Crippen molar-refractivity contribution in [1.29, 1.82) is 0 Å². The molecule has 2 aromatic heterocycles. The number of carbonyl (C=O) groups is 2. The number of thiophene rings is 1. The second kappa shape index (κ2) is 5.99. The standard InChI is InChI=1S/C17H14N2O3S2/c1-22-17(21)13-9-5-4-8-11(9)23-15(13)19-14(20)16-18-10-6-2-3-7-12(10)24-16/h2-3,6-7H,4-5,8H2,1H3,(H,19,20). The Hall–Kier alpha value is -2.25. The first-order valence-corrected chi connectivity index (χ1v) is 9.20. The topological polar surface area (TPSA) is 68.3 Å². The molecule has 0 saturated heterocycles. The number of amides is 1. The van der Waals surface area contributed by atoms with E-state index in [2.05, 4.69) is 10.3 Å². The number of fused-ring (bicyclic) bond motifs is 2. The maximum absolute atomic E-state index is 12.6. The number of anilines is 1. The fourth-order valence-electron chi connectivity index (χ4n) is 2.94. The fraction of sp³-hybridized carbons (Fsp3) is 0.235. The van der Waals surface area contributed by atoms with Crippen LogP contribution in [-0.2, 0) is 17.6 Å². The van der Waals surface area contributed by atoms with E-state index < -0.39 is 5.97 Å². The molecule has 0 radical (unpaired) electrons. The average molecular weight is 358 g/mol. The van der Waals surface area contributed by atoms with Crippen LogP contribution in [-0.4, -0.2) is 24.0 Å². The van der Waals surface area contributed by atoms with Crippen molar-refractivity contribution in [2.75, 3.05) is 12.4 Å². The first-order chi connectivity index (χ1) is 11.7. The minimum atomic E-state index is -0.394. The summed E-state index contributed by atoms with van der Waals surface area (Å²) < 4.78 is 5.86. The number of methoxy groups -OCH3 is 1. The van der Waals surface area contributed by atoms with Crippen LogP contribution in [0.25, 0.3) is 10.2 Å². The van der Waals surface area contributed by atoms with Gasteiger partial charge >= 0.3 is 5.97 Å². The Balaban J connectivity index is 1.67. The van der Waals surface area contributed by atoms with Gasteiger partial charge in [-0.15, -0.1) is 22.7 Å². The van der Waals surface area contributed by atoms with Crippen molar-refractivity contribution in [3.05, 3.63) is 45.3 Å². The number of nitrogens with zero attached hydrogens (tertiary/aromatic N) is 1. The lowest BCUT2D eigenvalue weighted by molar-refractivity contribution is 0.0601. The van der Waals surface area contributed by atoms with E-state index in [1.165, 1.54) is 29.8 Å². The predicted molar refractivity (Wildman–Crippen MR) is 95.3 cm³/mol. The van der Waals surface area contributed by atoms with E-state index in [4.69, 9.17) is 4.74 Å². The first kappa shape index (κ1) is 15.3. The molecule has 7 heteroatoms. The summed E-state index contributed by atoms with van der Waals surface area (Å²) in [4.78, 5) is 30.2. The monoisotopic (exact) mass is 358 g/mol. The van der Waals surface area contributed by atoms with Crippen LogP contribution in [0.4, 0.5) is 5.00 Å². The zero-order valence-electron chi connectivity index (χ0n) is 12.9. The molecule has 0 atom stereocenters. The van der Waals surface area contributed by atoms with Gasteiger partial charge in [-0.2, -0.15) is 0 Å². The zero-order chi connectivity index (χ0) is 16.7. The molecule has 122 valence electrons. The summed E-state index contributed by atoms with van der Waals surface area (Å²) >= 11 is 2.81. The molecule has 0 aliphatic heterocycles. The van der Waals surface area contributed by atoms with Gasteiger partial charge in [0, 0.05) is 4.88 Å². The number of benzene rings is 1. The molecule has 0 bridgehead atoms. The summed E-state index contributed by atoms with van der Waals surface area (Å²) in [5, 5.41) is 3.81. The van der Waals surface area contributed by atoms with Gasteiger partial charge in [-0.05, 0) is 37.0 Å². The molecule has 24 heavy (non-hydrogen) atoms. The van der Waals surface area contributed by atoms with Crippen molar-refractivity contribution < 1.29 is 14.3 Å². The first-order valence-electron chi connectivity index (χ1n) is 7.57. The molecule has 1 aromatic carbocycles. The van der Waals surface area contributed by atoms with Gasteiger partial charge in [0.15, 0.2) is 5.01 Å². The van der Waals surface area contributed by atoms with E-state index >= 15 is 0 Å². The predicted octanol–water partition coefficient (Wildman–Crippen LogP) is 3.89. The fourth-order valence-corrected chi connectivity index (χ4v) is 5.07. The Morgan fingerprint density at radius 2 is 2.04 bits per heavy atom. The normalized spacial score (nSPS) is 13.0. The molecule has 1 aliphatic rings. The lowest BCUT2D eigenvalue weighted by Crippen LogP contribution is -2.14. The van der Waals surface area contributed by atoms with Gasteiger partial charge in [-0.25, -0.2) is 9.78 Å². The van der Waals surface area contributed by atoms with E-state index in [1.807, 2.05) is 24.3 Å². The third-order valence-corrected chi connectivity index (χ3v) is 6.27. The Kier molecular flexibility index (Phi) is 3.82. The SMILES string of the molecule is COC(=O)c1c(NC(=O)c2nc3ccccc3s2)sc2c1CCC2.